The molecular weight excluding hydrogens is 647 g/mol. The highest BCUT2D eigenvalue weighted by Gasteiger charge is 2.39. The van der Waals surface area contributed by atoms with Gasteiger partial charge >= 0.3 is 0 Å². The first-order chi connectivity index (χ1) is 22.5. The van der Waals surface area contributed by atoms with Crippen LogP contribution in [0.2, 0.25) is 5.02 Å². The van der Waals surface area contributed by atoms with E-state index < -0.39 is 17.3 Å². The second-order valence-electron chi connectivity index (χ2n) is 11.4. The van der Waals surface area contributed by atoms with Gasteiger partial charge in [0.1, 0.15) is 10.7 Å². The van der Waals surface area contributed by atoms with Crippen LogP contribution in [0.1, 0.15) is 16.6 Å². The Labute approximate surface area is 279 Å². The Morgan fingerprint density at radius 2 is 1.89 bits per heavy atom. The van der Waals surface area contributed by atoms with E-state index in [-0.39, 0.29) is 21.5 Å². The molecule has 0 unspecified atom stereocenters. The van der Waals surface area contributed by atoms with Crippen LogP contribution in [-0.2, 0) is 4.79 Å². The van der Waals surface area contributed by atoms with Crippen LogP contribution in [0.3, 0.4) is 0 Å². The third kappa shape index (κ3) is 6.84. The maximum atomic E-state index is 14.2. The summed E-state index contributed by atoms with van der Waals surface area (Å²) in [7, 11) is 1.52. The van der Waals surface area contributed by atoms with E-state index in [1.54, 1.807) is 24.1 Å². The summed E-state index contributed by atoms with van der Waals surface area (Å²) in [6.45, 7) is 8.61. The number of amides is 2. The minimum absolute atomic E-state index is 0.0831. The summed E-state index contributed by atoms with van der Waals surface area (Å²) in [5.74, 6) is 0.284. The Kier molecular flexibility index (Phi) is 8.99. The summed E-state index contributed by atoms with van der Waals surface area (Å²) in [6.07, 6.45) is 4.45. The third-order valence-electron chi connectivity index (χ3n) is 7.85. The van der Waals surface area contributed by atoms with E-state index >= 15 is 0 Å². The summed E-state index contributed by atoms with van der Waals surface area (Å²) in [6, 6.07) is 9.73. The molecule has 4 aromatic rings. The van der Waals surface area contributed by atoms with Gasteiger partial charge in [-0.15, -0.1) is 0 Å². The van der Waals surface area contributed by atoms with Crippen molar-refractivity contribution in [3.63, 3.8) is 0 Å². The van der Waals surface area contributed by atoms with Crippen molar-refractivity contribution < 1.29 is 23.8 Å². The number of benzene rings is 1. The zero-order chi connectivity index (χ0) is 33.3. The number of hydrogen-bond acceptors (Lipinski definition) is 11. The highest BCUT2D eigenvalue weighted by Crippen LogP contribution is 2.38. The first kappa shape index (κ1) is 32.2. The third-order valence-corrected chi connectivity index (χ3v) is 9.07. The molecule has 2 aliphatic rings. The second-order valence-corrected chi connectivity index (χ2v) is 12.8. The predicted octanol–water partition coefficient (Wildman–Crippen LogP) is 4.80. The van der Waals surface area contributed by atoms with Gasteiger partial charge in [-0.25, -0.2) is 19.3 Å². The maximum Gasteiger partial charge on any atom is 0.267 e. The molecule has 2 fully saturated rings. The minimum atomic E-state index is -0.803. The molecule has 0 bridgehead atoms. The van der Waals surface area contributed by atoms with Gasteiger partial charge in [-0.05, 0) is 43.3 Å². The topological polar surface area (TPSA) is 136 Å². The molecule has 1 aromatic carbocycles. The van der Waals surface area contributed by atoms with Crippen LogP contribution >= 0.6 is 22.9 Å². The molecule has 2 amide bonds. The Morgan fingerprint density at radius 3 is 2.57 bits per heavy atom. The van der Waals surface area contributed by atoms with E-state index in [4.69, 9.17) is 26.3 Å². The highest BCUT2D eigenvalue weighted by atomic mass is 35.5. The van der Waals surface area contributed by atoms with Crippen molar-refractivity contribution in [1.82, 2.24) is 19.9 Å². The molecule has 244 valence electrons. The van der Waals surface area contributed by atoms with Gasteiger partial charge in [-0.3, -0.25) is 9.59 Å². The molecule has 0 radical (unpaired) electrons. The van der Waals surface area contributed by atoms with E-state index in [1.807, 2.05) is 12.1 Å². The summed E-state index contributed by atoms with van der Waals surface area (Å²) in [5, 5.41) is 16.6. The lowest BCUT2D eigenvalue weighted by molar-refractivity contribution is -0.126. The molecule has 6 rings (SSSR count). The van der Waals surface area contributed by atoms with E-state index in [1.165, 1.54) is 37.6 Å². The van der Waals surface area contributed by atoms with Crippen molar-refractivity contribution in [3.05, 3.63) is 77.2 Å². The lowest BCUT2D eigenvalue weighted by Gasteiger charge is -2.47. The van der Waals surface area contributed by atoms with Crippen LogP contribution in [0.4, 0.5) is 32.5 Å². The summed E-state index contributed by atoms with van der Waals surface area (Å²) < 4.78 is 19.7. The molecule has 3 N–H and O–H groups in total. The number of aliphatic hydroxyl groups is 1. The number of nitrogens with one attached hydrogen (secondary N) is 2. The molecule has 0 atom stereocenters. The first-order valence-electron chi connectivity index (χ1n) is 14.7. The van der Waals surface area contributed by atoms with Gasteiger partial charge in [0.2, 0.25) is 5.91 Å². The standard InChI is InChI=1S/C32H32ClFN8O4S/c1-4-26(43)40-10-12-41(13-11-40)29-23(42-17-32(2,45)18-42)14-19(15-35-29)22-8-9-24(46-3)28(37-22)39-31-36-16-25(47-31)30(44)38-27-20(33)6-5-7-21(27)34/h4-9,14-16,45H,1,10-13,17-18H2,2-3H3,(H,38,44)(H,36,37,39). The zero-order valence-corrected chi connectivity index (χ0v) is 27.2. The molecule has 0 saturated carbocycles. The van der Waals surface area contributed by atoms with E-state index in [0.717, 1.165) is 28.4 Å². The Balaban J connectivity index is 1.24. The van der Waals surface area contributed by atoms with Crippen LogP contribution in [0.5, 0.6) is 5.75 Å². The molecule has 0 aliphatic carbocycles. The maximum absolute atomic E-state index is 14.2. The van der Waals surface area contributed by atoms with Crippen LogP contribution in [0.25, 0.3) is 11.3 Å². The molecule has 2 saturated heterocycles. The van der Waals surface area contributed by atoms with Gasteiger partial charge in [0.15, 0.2) is 22.5 Å². The molecule has 3 aromatic heterocycles. The quantitative estimate of drug-likeness (QED) is 0.212. The normalized spacial score (nSPS) is 15.6. The van der Waals surface area contributed by atoms with Crippen LogP contribution in [0.15, 0.2) is 61.4 Å². The number of β-amino-alcohol motifs (C(OH)–C–C–N with tert-alkyl or cyclic N) is 1. The van der Waals surface area contributed by atoms with E-state index in [2.05, 4.69) is 32.0 Å². The number of ether oxygens (including phenoxy) is 1. The van der Waals surface area contributed by atoms with Gasteiger partial charge in [-0.2, -0.15) is 0 Å². The number of methoxy groups -OCH3 is 1. The average Bonchev–Trinajstić information content (AvgIpc) is 3.53. The zero-order valence-electron chi connectivity index (χ0n) is 25.7. The molecule has 12 nitrogen and oxygen atoms in total. The van der Waals surface area contributed by atoms with Crippen molar-refractivity contribution in [2.75, 3.05) is 66.8 Å². The van der Waals surface area contributed by atoms with E-state index in [0.29, 0.717) is 61.7 Å². The highest BCUT2D eigenvalue weighted by molar-refractivity contribution is 7.17. The Hall–Kier alpha value is -4.79. The molecule has 2 aliphatic heterocycles. The summed E-state index contributed by atoms with van der Waals surface area (Å²) in [5.41, 5.74) is 1.29. The largest absolute Gasteiger partial charge is 0.493 e. The number of hydrogen-bond donors (Lipinski definition) is 3. The number of thiazole rings is 1. The average molecular weight is 679 g/mol. The molecule has 47 heavy (non-hydrogen) atoms. The number of para-hydroxylation sites is 1. The minimum Gasteiger partial charge on any atom is -0.493 e. The van der Waals surface area contributed by atoms with Crippen molar-refractivity contribution in [1.29, 1.82) is 0 Å². The smallest absolute Gasteiger partial charge is 0.267 e. The van der Waals surface area contributed by atoms with E-state index in [9.17, 15) is 19.1 Å². The fourth-order valence-corrected chi connectivity index (χ4v) is 6.39. The first-order valence-corrected chi connectivity index (χ1v) is 15.9. The van der Waals surface area contributed by atoms with Crippen molar-refractivity contribution in [2.45, 2.75) is 12.5 Å². The van der Waals surface area contributed by atoms with Crippen LogP contribution < -0.4 is 25.2 Å². The molecule has 5 heterocycles. The van der Waals surface area contributed by atoms with Crippen LogP contribution in [0, 0.1) is 5.82 Å². The van der Waals surface area contributed by atoms with Gasteiger partial charge in [0.25, 0.3) is 5.91 Å². The number of piperazine rings is 1. The second kappa shape index (κ2) is 13.1. The Morgan fingerprint density at radius 1 is 1.13 bits per heavy atom. The van der Waals surface area contributed by atoms with Crippen molar-refractivity contribution in [3.8, 4) is 17.0 Å². The molecule has 15 heteroatoms. The van der Waals surface area contributed by atoms with Gasteiger partial charge in [-0.1, -0.05) is 35.6 Å². The number of rotatable bonds is 9. The van der Waals surface area contributed by atoms with Gasteiger partial charge in [0, 0.05) is 51.0 Å². The van der Waals surface area contributed by atoms with Crippen molar-refractivity contribution >= 4 is 62.9 Å². The van der Waals surface area contributed by atoms with Gasteiger partial charge < -0.3 is 35.2 Å². The number of nitrogens with zero attached hydrogens (tertiary/aromatic N) is 6. The monoisotopic (exact) mass is 678 g/mol. The number of halogens is 2. The lowest BCUT2D eigenvalue weighted by Crippen LogP contribution is -2.60. The number of pyridine rings is 2. The lowest BCUT2D eigenvalue weighted by atomic mass is 9.95. The summed E-state index contributed by atoms with van der Waals surface area (Å²) >= 11 is 7.11. The predicted molar refractivity (Wildman–Crippen MR) is 181 cm³/mol. The SMILES string of the molecule is C=CC(=O)N1CCN(c2ncc(-c3ccc(OC)c(Nc4ncc(C(=O)Nc5c(F)cccc5Cl)s4)n3)cc2N2CC(C)(O)C2)CC1. The number of carbonyl (C=O) groups excluding carboxylic acids is 2. The molecule has 0 spiro atoms. The fraction of sp³-hybridized carbons (Fsp3) is 0.281. The number of anilines is 5. The van der Waals surface area contributed by atoms with Crippen molar-refractivity contribution in [2.24, 2.45) is 0 Å². The van der Waals surface area contributed by atoms with Crippen LogP contribution in [-0.4, -0.2) is 88.8 Å². The summed E-state index contributed by atoms with van der Waals surface area (Å²) in [4.78, 5) is 45.1. The Bertz CT molecular complexity index is 1820. The fourth-order valence-electron chi connectivity index (χ4n) is 5.47. The number of aromatic nitrogens is 3. The van der Waals surface area contributed by atoms with Gasteiger partial charge in [0.05, 0.1) is 41.0 Å². The number of carbonyl (C=O) groups is 2. The molecular formula is C32H32ClFN8O4S.